The lowest BCUT2D eigenvalue weighted by Crippen LogP contribution is -2.49. The minimum Gasteiger partial charge on any atom is -0.455 e. The van der Waals surface area contributed by atoms with Crippen molar-refractivity contribution < 1.29 is 14.3 Å². The first-order chi connectivity index (χ1) is 15.6. The normalized spacial score (nSPS) is 14.5. The Labute approximate surface area is 197 Å². The Kier molecular flexibility index (Phi) is 7.58. The molecule has 0 spiro atoms. The van der Waals surface area contributed by atoms with Gasteiger partial charge in [0.15, 0.2) is 6.61 Å². The molecule has 0 radical (unpaired) electrons. The van der Waals surface area contributed by atoms with Gasteiger partial charge in [-0.2, -0.15) is 0 Å². The number of benzene rings is 2. The summed E-state index contributed by atoms with van der Waals surface area (Å²) < 4.78 is 6.29. The molecular weight excluding hydrogens is 444 g/mol. The molecule has 1 amide bonds. The number of thiophene rings is 1. The van der Waals surface area contributed by atoms with E-state index in [4.69, 9.17) is 16.3 Å². The molecular formula is C25H25ClN2O3S. The third-order valence-electron chi connectivity index (χ3n) is 5.57. The predicted octanol–water partition coefficient (Wildman–Crippen LogP) is 4.42. The highest BCUT2D eigenvalue weighted by Gasteiger charge is 2.27. The minimum absolute atomic E-state index is 0.156. The average Bonchev–Trinajstić information content (AvgIpc) is 3.24. The van der Waals surface area contributed by atoms with Crippen LogP contribution >= 0.6 is 22.9 Å². The van der Waals surface area contributed by atoms with Crippen LogP contribution in [0.3, 0.4) is 0 Å². The number of hydrogen-bond acceptors (Lipinski definition) is 5. The molecule has 3 aromatic rings. The molecule has 0 unspecified atom stereocenters. The Morgan fingerprint density at radius 3 is 2.00 bits per heavy atom. The summed E-state index contributed by atoms with van der Waals surface area (Å²) in [6.07, 6.45) is 0. The number of carbonyl (C=O) groups is 2. The Hall–Kier alpha value is -2.67. The smallest absolute Gasteiger partial charge is 0.318 e. The van der Waals surface area contributed by atoms with Crippen LogP contribution in [-0.4, -0.2) is 54.5 Å². The monoisotopic (exact) mass is 468 g/mol. The van der Waals surface area contributed by atoms with Gasteiger partial charge in [-0.15, -0.1) is 11.3 Å². The van der Waals surface area contributed by atoms with Crippen molar-refractivity contribution in [2.75, 3.05) is 32.8 Å². The van der Waals surface area contributed by atoms with E-state index in [2.05, 4.69) is 4.90 Å². The zero-order valence-corrected chi connectivity index (χ0v) is 19.2. The van der Waals surface area contributed by atoms with Gasteiger partial charge in [-0.3, -0.25) is 14.5 Å². The summed E-state index contributed by atoms with van der Waals surface area (Å²) in [6, 6.07) is 23.0. The number of amides is 1. The fourth-order valence-electron chi connectivity index (χ4n) is 3.88. The van der Waals surface area contributed by atoms with E-state index in [0.29, 0.717) is 13.1 Å². The lowest BCUT2D eigenvalue weighted by molar-refractivity contribution is -0.153. The van der Waals surface area contributed by atoms with Crippen molar-refractivity contribution in [2.45, 2.75) is 12.5 Å². The van der Waals surface area contributed by atoms with E-state index >= 15 is 0 Å². The van der Waals surface area contributed by atoms with Crippen LogP contribution < -0.4 is 0 Å². The lowest BCUT2D eigenvalue weighted by atomic mass is 9.91. The number of halogens is 1. The molecule has 0 atom stereocenters. The van der Waals surface area contributed by atoms with Crippen molar-refractivity contribution in [2.24, 2.45) is 0 Å². The summed E-state index contributed by atoms with van der Waals surface area (Å²) in [6.45, 7) is 3.41. The van der Waals surface area contributed by atoms with Gasteiger partial charge < -0.3 is 9.64 Å². The molecule has 4 rings (SSSR count). The molecule has 0 bridgehead atoms. The number of piperazine rings is 1. The van der Waals surface area contributed by atoms with E-state index in [0.717, 1.165) is 35.1 Å². The minimum atomic E-state index is -0.556. The first-order valence-electron chi connectivity index (χ1n) is 10.6. The molecule has 2 aromatic carbocycles. The van der Waals surface area contributed by atoms with Crippen molar-refractivity contribution >= 4 is 34.8 Å². The highest BCUT2D eigenvalue weighted by molar-refractivity contribution is 7.16. The van der Waals surface area contributed by atoms with Crippen LogP contribution in [0.15, 0.2) is 72.8 Å². The molecule has 0 aliphatic carbocycles. The van der Waals surface area contributed by atoms with Crippen LogP contribution in [-0.2, 0) is 20.9 Å². The summed E-state index contributed by atoms with van der Waals surface area (Å²) in [5.74, 6) is -1.12. The van der Waals surface area contributed by atoms with Crippen LogP contribution in [0.25, 0.3) is 0 Å². The molecule has 1 aliphatic heterocycles. The molecule has 1 aromatic heterocycles. The maximum Gasteiger partial charge on any atom is 0.318 e. The zero-order valence-electron chi connectivity index (χ0n) is 17.7. The largest absolute Gasteiger partial charge is 0.455 e. The van der Waals surface area contributed by atoms with E-state index in [1.54, 1.807) is 16.2 Å². The maximum absolute atomic E-state index is 13.0. The summed E-state index contributed by atoms with van der Waals surface area (Å²) in [5.41, 5.74) is 1.69. The summed E-state index contributed by atoms with van der Waals surface area (Å²) in [4.78, 5) is 31.0. The molecule has 1 saturated heterocycles. The van der Waals surface area contributed by atoms with Crippen molar-refractivity contribution in [3.8, 4) is 0 Å². The Balaban J connectivity index is 1.31. The van der Waals surface area contributed by atoms with E-state index in [1.807, 2.05) is 72.8 Å². The van der Waals surface area contributed by atoms with Crippen molar-refractivity contribution in [1.29, 1.82) is 0 Å². The molecule has 32 heavy (non-hydrogen) atoms. The standard InChI is InChI=1S/C25H25ClN2O3S/c26-22-12-11-21(32-22)17-27-13-15-28(16-14-27)23(29)18-31-25(30)24(19-7-3-1-4-8-19)20-9-5-2-6-10-20/h1-12,24H,13-18H2. The van der Waals surface area contributed by atoms with Gasteiger partial charge in [0.1, 0.15) is 5.92 Å². The van der Waals surface area contributed by atoms with Gasteiger partial charge in [-0.1, -0.05) is 72.3 Å². The first kappa shape index (κ1) is 22.5. The molecule has 5 nitrogen and oxygen atoms in total. The fraction of sp³-hybridized carbons (Fsp3) is 0.280. The Morgan fingerprint density at radius 2 is 1.47 bits per heavy atom. The van der Waals surface area contributed by atoms with Gasteiger partial charge in [0.2, 0.25) is 0 Å². The van der Waals surface area contributed by atoms with Crippen molar-refractivity contribution in [3.05, 3.63) is 93.1 Å². The van der Waals surface area contributed by atoms with Gasteiger partial charge in [0.05, 0.1) is 4.34 Å². The zero-order chi connectivity index (χ0) is 22.3. The second-order valence-corrected chi connectivity index (χ2v) is 9.52. The second-order valence-electron chi connectivity index (χ2n) is 7.72. The maximum atomic E-state index is 13.0. The van der Waals surface area contributed by atoms with Gasteiger partial charge >= 0.3 is 5.97 Å². The highest BCUT2D eigenvalue weighted by atomic mass is 35.5. The number of nitrogens with zero attached hydrogens (tertiary/aromatic N) is 2. The number of hydrogen-bond donors (Lipinski definition) is 0. The molecule has 0 saturated carbocycles. The molecule has 2 heterocycles. The third-order valence-corrected chi connectivity index (χ3v) is 6.79. The van der Waals surface area contributed by atoms with Gasteiger partial charge in [0.25, 0.3) is 5.91 Å². The van der Waals surface area contributed by atoms with Crippen LogP contribution in [0, 0.1) is 0 Å². The van der Waals surface area contributed by atoms with Crippen LogP contribution in [0.5, 0.6) is 0 Å². The SMILES string of the molecule is O=C(OCC(=O)N1CCN(Cc2ccc(Cl)s2)CC1)C(c1ccccc1)c1ccccc1. The summed E-state index contributed by atoms with van der Waals surface area (Å²) in [5, 5.41) is 0. The van der Waals surface area contributed by atoms with Crippen molar-refractivity contribution in [3.63, 3.8) is 0 Å². The number of esters is 1. The van der Waals surface area contributed by atoms with E-state index in [9.17, 15) is 9.59 Å². The molecule has 1 fully saturated rings. The van der Waals surface area contributed by atoms with Gasteiger partial charge in [0, 0.05) is 37.6 Å². The lowest BCUT2D eigenvalue weighted by Gasteiger charge is -2.34. The number of rotatable bonds is 7. The Morgan fingerprint density at radius 1 is 0.875 bits per heavy atom. The van der Waals surface area contributed by atoms with Crippen LogP contribution in [0.2, 0.25) is 4.34 Å². The third kappa shape index (κ3) is 5.76. The topological polar surface area (TPSA) is 49.9 Å². The summed E-state index contributed by atoms with van der Waals surface area (Å²) >= 11 is 7.59. The summed E-state index contributed by atoms with van der Waals surface area (Å²) in [7, 11) is 0. The number of carbonyl (C=O) groups excluding carboxylic acids is 2. The second kappa shape index (κ2) is 10.8. The molecule has 1 aliphatic rings. The van der Waals surface area contributed by atoms with Gasteiger partial charge in [-0.05, 0) is 23.3 Å². The quantitative estimate of drug-likeness (QED) is 0.481. The van der Waals surface area contributed by atoms with Crippen LogP contribution in [0.4, 0.5) is 0 Å². The van der Waals surface area contributed by atoms with E-state index in [-0.39, 0.29) is 12.5 Å². The van der Waals surface area contributed by atoms with Gasteiger partial charge in [-0.25, -0.2) is 0 Å². The fourth-order valence-corrected chi connectivity index (χ4v) is 5.01. The van der Waals surface area contributed by atoms with Crippen LogP contribution in [0.1, 0.15) is 21.9 Å². The highest BCUT2D eigenvalue weighted by Crippen LogP contribution is 2.26. The predicted molar refractivity (Wildman–Crippen MR) is 127 cm³/mol. The Bertz CT molecular complexity index is 994. The van der Waals surface area contributed by atoms with E-state index in [1.165, 1.54) is 4.88 Å². The molecule has 7 heteroatoms. The van der Waals surface area contributed by atoms with E-state index < -0.39 is 11.9 Å². The number of ether oxygens (including phenoxy) is 1. The first-order valence-corrected chi connectivity index (χ1v) is 11.8. The molecule has 0 N–H and O–H groups in total. The average molecular weight is 469 g/mol. The van der Waals surface area contributed by atoms with Crippen molar-refractivity contribution in [1.82, 2.24) is 9.80 Å². The molecule has 166 valence electrons.